The number of rotatable bonds is 5. The molecule has 0 spiro atoms. The highest BCUT2D eigenvalue weighted by atomic mass is 15.2. The Morgan fingerprint density at radius 2 is 1.75 bits per heavy atom. The summed E-state index contributed by atoms with van der Waals surface area (Å²) in [6.07, 6.45) is 11.3. The van der Waals surface area contributed by atoms with Crippen molar-refractivity contribution in [2.75, 3.05) is 19.6 Å². The van der Waals surface area contributed by atoms with Gasteiger partial charge in [0, 0.05) is 12.1 Å². The van der Waals surface area contributed by atoms with Crippen LogP contribution in [0.4, 0.5) is 0 Å². The van der Waals surface area contributed by atoms with Crippen LogP contribution in [0.5, 0.6) is 0 Å². The third kappa shape index (κ3) is 3.74. The molecule has 1 heterocycles. The first-order valence-corrected chi connectivity index (χ1v) is 7.33. The van der Waals surface area contributed by atoms with Crippen LogP contribution in [0.15, 0.2) is 0 Å². The van der Waals surface area contributed by atoms with Crippen LogP contribution < -0.4 is 5.32 Å². The zero-order valence-corrected chi connectivity index (χ0v) is 10.9. The topological polar surface area (TPSA) is 15.3 Å². The molecule has 2 heteroatoms. The molecule has 2 fully saturated rings. The molecule has 2 rings (SSSR count). The summed E-state index contributed by atoms with van der Waals surface area (Å²) in [5, 5.41) is 3.72. The van der Waals surface area contributed by atoms with Gasteiger partial charge in [-0.15, -0.1) is 0 Å². The minimum Gasteiger partial charge on any atom is -0.314 e. The highest BCUT2D eigenvalue weighted by Gasteiger charge is 2.17. The lowest BCUT2D eigenvalue weighted by atomic mass is 10.1. The first kappa shape index (κ1) is 12.4. The second-order valence-corrected chi connectivity index (χ2v) is 5.67. The number of piperidine rings is 1. The number of nitrogens with one attached hydrogen (secondary N) is 1. The van der Waals surface area contributed by atoms with Crippen LogP contribution in [-0.4, -0.2) is 36.6 Å². The Bertz CT molecular complexity index is 181. The largest absolute Gasteiger partial charge is 0.314 e. The van der Waals surface area contributed by atoms with Gasteiger partial charge in [-0.2, -0.15) is 0 Å². The Kier molecular flexibility index (Phi) is 5.11. The van der Waals surface area contributed by atoms with Gasteiger partial charge in [0.2, 0.25) is 0 Å². The quantitative estimate of drug-likeness (QED) is 0.772. The van der Waals surface area contributed by atoms with Crippen LogP contribution in [0.3, 0.4) is 0 Å². The molecule has 1 saturated heterocycles. The molecule has 1 saturated carbocycles. The van der Waals surface area contributed by atoms with E-state index in [1.807, 2.05) is 0 Å². The molecule has 0 amide bonds. The molecular formula is C14H28N2. The van der Waals surface area contributed by atoms with Gasteiger partial charge in [0.25, 0.3) is 0 Å². The third-order valence-electron chi connectivity index (χ3n) is 4.36. The minimum absolute atomic E-state index is 0.786. The molecule has 0 aromatic carbocycles. The van der Waals surface area contributed by atoms with E-state index in [4.69, 9.17) is 0 Å². The van der Waals surface area contributed by atoms with Gasteiger partial charge in [0.1, 0.15) is 0 Å². The lowest BCUT2D eigenvalue weighted by Gasteiger charge is -2.32. The summed E-state index contributed by atoms with van der Waals surface area (Å²) < 4.78 is 0. The Balaban J connectivity index is 1.57. The molecule has 1 unspecified atom stereocenters. The standard InChI is InChI=1S/C14H28N2/c1-13(16-11-5-2-6-12-16)9-10-15-14-7-3-4-8-14/h13-15H,2-12H2,1H3. The van der Waals surface area contributed by atoms with E-state index in [-0.39, 0.29) is 0 Å². The summed E-state index contributed by atoms with van der Waals surface area (Å²) >= 11 is 0. The van der Waals surface area contributed by atoms with Crippen LogP contribution in [0.1, 0.15) is 58.3 Å². The van der Waals surface area contributed by atoms with Gasteiger partial charge in [0.15, 0.2) is 0 Å². The van der Waals surface area contributed by atoms with Gasteiger partial charge in [-0.25, -0.2) is 0 Å². The number of nitrogens with zero attached hydrogens (tertiary/aromatic N) is 1. The normalized spacial score (nSPS) is 26.1. The van der Waals surface area contributed by atoms with Crippen molar-refractivity contribution in [3.8, 4) is 0 Å². The fourth-order valence-corrected chi connectivity index (χ4v) is 3.17. The molecule has 1 N–H and O–H groups in total. The van der Waals surface area contributed by atoms with Gasteiger partial charge in [-0.05, 0) is 58.7 Å². The van der Waals surface area contributed by atoms with Crippen molar-refractivity contribution in [1.82, 2.24) is 10.2 Å². The van der Waals surface area contributed by atoms with E-state index in [1.165, 1.54) is 71.0 Å². The fraction of sp³-hybridized carbons (Fsp3) is 1.00. The molecule has 1 atom stereocenters. The Labute approximate surface area is 101 Å². The molecule has 2 aliphatic rings. The maximum absolute atomic E-state index is 3.72. The maximum atomic E-state index is 3.72. The molecule has 2 nitrogen and oxygen atoms in total. The van der Waals surface area contributed by atoms with Crippen LogP contribution in [0.25, 0.3) is 0 Å². The van der Waals surface area contributed by atoms with E-state index in [9.17, 15) is 0 Å². The van der Waals surface area contributed by atoms with E-state index in [2.05, 4.69) is 17.1 Å². The van der Waals surface area contributed by atoms with Gasteiger partial charge in [0.05, 0.1) is 0 Å². The van der Waals surface area contributed by atoms with Crippen LogP contribution >= 0.6 is 0 Å². The summed E-state index contributed by atoms with van der Waals surface area (Å²) in [5.41, 5.74) is 0. The fourth-order valence-electron chi connectivity index (χ4n) is 3.17. The van der Waals surface area contributed by atoms with Gasteiger partial charge in [-0.1, -0.05) is 19.3 Å². The third-order valence-corrected chi connectivity index (χ3v) is 4.36. The summed E-state index contributed by atoms with van der Waals surface area (Å²) in [6, 6.07) is 1.63. The zero-order valence-electron chi connectivity index (χ0n) is 10.9. The maximum Gasteiger partial charge on any atom is 0.00790 e. The van der Waals surface area contributed by atoms with Crippen molar-refractivity contribution >= 4 is 0 Å². The van der Waals surface area contributed by atoms with E-state index >= 15 is 0 Å². The van der Waals surface area contributed by atoms with Crippen molar-refractivity contribution in [2.24, 2.45) is 0 Å². The Morgan fingerprint density at radius 1 is 1.06 bits per heavy atom. The number of hydrogen-bond acceptors (Lipinski definition) is 2. The summed E-state index contributed by atoms with van der Waals surface area (Å²) in [7, 11) is 0. The first-order valence-electron chi connectivity index (χ1n) is 7.33. The smallest absolute Gasteiger partial charge is 0.00790 e. The molecule has 0 radical (unpaired) electrons. The minimum atomic E-state index is 0.786. The van der Waals surface area contributed by atoms with E-state index in [0.717, 1.165) is 12.1 Å². The zero-order chi connectivity index (χ0) is 11.2. The molecule has 0 aromatic rings. The molecule has 0 aromatic heterocycles. The predicted octanol–water partition coefficient (Wildman–Crippen LogP) is 2.78. The Morgan fingerprint density at radius 3 is 2.44 bits per heavy atom. The SMILES string of the molecule is CC(CCNC1CCCC1)N1CCCCC1. The lowest BCUT2D eigenvalue weighted by molar-refractivity contribution is 0.165. The molecule has 94 valence electrons. The molecule has 1 aliphatic carbocycles. The Hall–Kier alpha value is -0.0800. The molecule has 16 heavy (non-hydrogen) atoms. The van der Waals surface area contributed by atoms with Gasteiger partial charge >= 0.3 is 0 Å². The highest BCUT2D eigenvalue weighted by molar-refractivity contribution is 4.76. The van der Waals surface area contributed by atoms with Crippen molar-refractivity contribution in [3.63, 3.8) is 0 Å². The summed E-state index contributed by atoms with van der Waals surface area (Å²) in [6.45, 7) is 6.30. The van der Waals surface area contributed by atoms with Crippen LogP contribution in [0.2, 0.25) is 0 Å². The van der Waals surface area contributed by atoms with Gasteiger partial charge in [-0.3, -0.25) is 0 Å². The van der Waals surface area contributed by atoms with Gasteiger partial charge < -0.3 is 10.2 Å². The van der Waals surface area contributed by atoms with Crippen molar-refractivity contribution in [3.05, 3.63) is 0 Å². The van der Waals surface area contributed by atoms with Crippen molar-refractivity contribution in [2.45, 2.75) is 70.4 Å². The monoisotopic (exact) mass is 224 g/mol. The average molecular weight is 224 g/mol. The van der Waals surface area contributed by atoms with Crippen molar-refractivity contribution < 1.29 is 0 Å². The average Bonchev–Trinajstić information content (AvgIpc) is 2.83. The highest BCUT2D eigenvalue weighted by Crippen LogP contribution is 2.18. The number of likely N-dealkylation sites (tertiary alicyclic amines) is 1. The summed E-state index contributed by atoms with van der Waals surface area (Å²) in [4.78, 5) is 2.68. The van der Waals surface area contributed by atoms with Crippen LogP contribution in [-0.2, 0) is 0 Å². The summed E-state index contributed by atoms with van der Waals surface area (Å²) in [5.74, 6) is 0. The molecule has 0 bridgehead atoms. The molecule has 1 aliphatic heterocycles. The van der Waals surface area contributed by atoms with Crippen LogP contribution in [0, 0.1) is 0 Å². The number of hydrogen-bond donors (Lipinski definition) is 1. The lowest BCUT2D eigenvalue weighted by Crippen LogP contribution is -2.39. The second kappa shape index (κ2) is 6.61. The van der Waals surface area contributed by atoms with E-state index in [0.29, 0.717) is 0 Å². The predicted molar refractivity (Wildman–Crippen MR) is 69.8 cm³/mol. The van der Waals surface area contributed by atoms with E-state index < -0.39 is 0 Å². The second-order valence-electron chi connectivity index (χ2n) is 5.67. The first-order chi connectivity index (χ1) is 7.86. The van der Waals surface area contributed by atoms with E-state index in [1.54, 1.807) is 0 Å². The van der Waals surface area contributed by atoms with Crippen molar-refractivity contribution in [1.29, 1.82) is 0 Å². The molecular weight excluding hydrogens is 196 g/mol.